The van der Waals surface area contributed by atoms with Crippen molar-refractivity contribution in [2.75, 3.05) is 39.3 Å². The van der Waals surface area contributed by atoms with Crippen molar-refractivity contribution in [3.05, 3.63) is 0 Å². The number of guanidine groups is 1. The zero-order valence-electron chi connectivity index (χ0n) is 43.4. The highest BCUT2D eigenvalue weighted by Gasteiger charge is 2.58. The Bertz CT molecular complexity index is 1860. The van der Waals surface area contributed by atoms with Crippen LogP contribution in [0.5, 0.6) is 0 Å². The van der Waals surface area contributed by atoms with Gasteiger partial charge in [0.1, 0.15) is 42.7 Å². The topological polar surface area (TPSA) is 587 Å². The van der Waals surface area contributed by atoms with Gasteiger partial charge in [-0.05, 0) is 70.8 Å². The summed E-state index contributed by atoms with van der Waals surface area (Å²) in [6.07, 6.45) is -17.5. The number of nitrogens with one attached hydrogen (secondary N) is 4. The average Bonchev–Trinajstić information content (AvgIpc) is 3.34. The number of carbonyl (C=O) groups is 7. The molecular weight excluding hydrogens is 1020 g/mol. The van der Waals surface area contributed by atoms with Gasteiger partial charge in [0.15, 0.2) is 30.6 Å². The third-order valence-corrected chi connectivity index (χ3v) is 12.5. The number of rotatable bonds is 36. The van der Waals surface area contributed by atoms with Crippen molar-refractivity contribution < 1.29 is 82.8 Å². The lowest BCUT2D eigenvalue weighted by Crippen LogP contribution is -2.69. The largest absolute Gasteiger partial charge is 0.454 e. The summed E-state index contributed by atoms with van der Waals surface area (Å²) in [5, 5.41) is 64.6. The van der Waals surface area contributed by atoms with Gasteiger partial charge in [0, 0.05) is 82.1 Å². The van der Waals surface area contributed by atoms with E-state index in [1.54, 1.807) is 0 Å². The summed E-state index contributed by atoms with van der Waals surface area (Å²) in [7, 11) is 0. The van der Waals surface area contributed by atoms with Crippen LogP contribution < -0.4 is 78.6 Å². The van der Waals surface area contributed by atoms with Crippen LogP contribution in [0.2, 0.25) is 0 Å². The molecule has 0 unspecified atom stereocenters. The van der Waals surface area contributed by atoms with Crippen molar-refractivity contribution in [1.29, 1.82) is 0 Å². The Morgan fingerprint density at radius 1 is 0.494 bits per heavy atom. The van der Waals surface area contributed by atoms with Crippen molar-refractivity contribution in [3.8, 4) is 0 Å². The molecule has 0 aromatic heterocycles. The smallest absolute Gasteiger partial charge is 0.405 e. The van der Waals surface area contributed by atoms with Gasteiger partial charge in [-0.2, -0.15) is 0 Å². The van der Waals surface area contributed by atoms with Crippen LogP contribution in [-0.4, -0.2) is 210 Å². The predicted molar refractivity (Wildman–Crippen MR) is 273 cm³/mol. The van der Waals surface area contributed by atoms with E-state index in [0.717, 1.165) is 6.42 Å². The second-order valence-electron chi connectivity index (χ2n) is 19.3. The maximum Gasteiger partial charge on any atom is 0.405 e. The Hall–Kier alpha value is -5.36. The van der Waals surface area contributed by atoms with E-state index in [0.29, 0.717) is 71.1 Å². The van der Waals surface area contributed by atoms with Crippen LogP contribution in [0.4, 0.5) is 9.59 Å². The SMILES string of the molecule is NCCC[C@H](N)CC(=O)NCCC[C@H](N)CC(=O)NCCC[C@H](N)CC(=O)NCCC[C@H](N)CC(=O)NCCC[C@H](N)CC(=O)O[C@@H]1[C@H](OC(N)=O)[C@@H](O[C@H]2O[C@H](CO)[C@@H](O)[C@H](N=C(N)N)[C@@H]2O)[C@H](O)[C@@H](O)[C@@H]1OC(N)=O. The molecule has 77 heavy (non-hydrogen) atoms. The number of esters is 1. The first kappa shape index (κ1) is 67.7. The molecule has 16 atom stereocenters. The lowest BCUT2D eigenvalue weighted by Gasteiger charge is -2.48. The van der Waals surface area contributed by atoms with E-state index in [9.17, 15) is 59.1 Å². The van der Waals surface area contributed by atoms with Gasteiger partial charge < -0.3 is 128 Å². The Kier molecular flexibility index (Phi) is 31.6. The highest BCUT2D eigenvalue weighted by molar-refractivity contribution is 5.78. The molecule has 1 saturated heterocycles. The maximum absolute atomic E-state index is 13.3. The van der Waals surface area contributed by atoms with Crippen LogP contribution in [0.1, 0.15) is 96.3 Å². The third-order valence-electron chi connectivity index (χ3n) is 12.5. The normalized spacial score (nSPS) is 26.1. The molecule has 0 aromatic rings. The van der Waals surface area contributed by atoms with Crippen molar-refractivity contribution >= 4 is 47.7 Å². The standard InChI is InChI=1S/C45H87N15O17/c46-11-1-6-22(47)16-28(62)56-12-2-7-23(48)17-29(63)57-13-3-8-24(49)18-30(64)58-14-4-9-25(50)19-31(65)59-15-5-10-26(51)20-32(66)74-40-39(76-44(54)71)37(70)36(69)38(41(40)77-45(55)72)75-42-35(68)33(60-43(52)53)34(67)27(21-61)73-42/h22-27,33-42,61,67-70H,1-21,46-51H2,(H2,54,71)(H2,55,72)(H,56,62)(H,57,63)(H,58,64)(H,59,65)(H4,52,53,60)/t22-,23-,24-,25-,26-,27+,33-,34+,35-,36+,37+,38-,39-,40-,41+,42+/m0/s1. The Labute approximate surface area is 446 Å². The molecule has 2 fully saturated rings. The van der Waals surface area contributed by atoms with Crippen LogP contribution in [0.15, 0.2) is 4.99 Å². The van der Waals surface area contributed by atoms with E-state index >= 15 is 0 Å². The second-order valence-corrected chi connectivity index (χ2v) is 19.3. The molecule has 1 heterocycles. The average molecular weight is 1110 g/mol. The Balaban J connectivity index is 1.72. The van der Waals surface area contributed by atoms with Gasteiger partial charge >= 0.3 is 18.2 Å². The van der Waals surface area contributed by atoms with E-state index in [4.69, 9.17) is 81.0 Å². The number of aliphatic imine (C=N–C) groups is 1. The molecule has 1 aliphatic carbocycles. The lowest BCUT2D eigenvalue weighted by atomic mass is 9.84. The van der Waals surface area contributed by atoms with E-state index in [2.05, 4.69) is 26.3 Å². The van der Waals surface area contributed by atoms with Gasteiger partial charge in [0.2, 0.25) is 23.6 Å². The third kappa shape index (κ3) is 26.2. The minimum absolute atomic E-state index is 0.0197. The van der Waals surface area contributed by atoms with Crippen molar-refractivity contribution in [1.82, 2.24) is 21.3 Å². The fourth-order valence-corrected chi connectivity index (χ4v) is 8.56. The lowest BCUT2D eigenvalue weighted by molar-refractivity contribution is -0.324. The van der Waals surface area contributed by atoms with Crippen LogP contribution in [0, 0.1) is 0 Å². The number of ether oxygens (including phenoxy) is 5. The number of aliphatic hydroxyl groups excluding tert-OH is 5. The molecule has 0 radical (unpaired) electrons. The molecule has 32 nitrogen and oxygen atoms in total. The summed E-state index contributed by atoms with van der Waals surface area (Å²) in [5.74, 6) is -2.62. The monoisotopic (exact) mass is 1110 g/mol. The summed E-state index contributed by atoms with van der Waals surface area (Å²) in [6, 6.07) is -4.02. The molecule has 29 N–H and O–H groups in total. The van der Waals surface area contributed by atoms with Crippen molar-refractivity contribution in [2.45, 2.75) is 194 Å². The Morgan fingerprint density at radius 3 is 1.23 bits per heavy atom. The van der Waals surface area contributed by atoms with Crippen LogP contribution in [-0.2, 0) is 47.7 Å². The zero-order chi connectivity index (χ0) is 57.8. The Morgan fingerprint density at radius 2 is 0.857 bits per heavy atom. The molecule has 1 aliphatic heterocycles. The molecule has 1 saturated carbocycles. The molecule has 32 heteroatoms. The number of aliphatic hydroxyl groups is 5. The van der Waals surface area contributed by atoms with Gasteiger partial charge in [-0.15, -0.1) is 0 Å². The van der Waals surface area contributed by atoms with E-state index in [1.165, 1.54) is 0 Å². The predicted octanol–water partition coefficient (Wildman–Crippen LogP) is -8.06. The highest BCUT2D eigenvalue weighted by Crippen LogP contribution is 2.34. The van der Waals surface area contributed by atoms with E-state index in [-0.39, 0.29) is 80.8 Å². The van der Waals surface area contributed by atoms with Gasteiger partial charge in [-0.3, -0.25) is 24.0 Å². The van der Waals surface area contributed by atoms with Gasteiger partial charge in [0.05, 0.1) is 13.0 Å². The zero-order valence-corrected chi connectivity index (χ0v) is 43.4. The summed E-state index contributed by atoms with van der Waals surface area (Å²) in [5.41, 5.74) is 57.2. The first-order chi connectivity index (χ1) is 36.4. The van der Waals surface area contributed by atoms with Crippen molar-refractivity contribution in [3.63, 3.8) is 0 Å². The van der Waals surface area contributed by atoms with E-state index < -0.39 is 123 Å². The molecule has 0 aromatic carbocycles. The van der Waals surface area contributed by atoms with Crippen molar-refractivity contribution in [2.24, 2.45) is 62.3 Å². The molecule has 2 rings (SSSR count). The minimum atomic E-state index is -2.18. The summed E-state index contributed by atoms with van der Waals surface area (Å²) in [6.45, 7) is 0.931. The van der Waals surface area contributed by atoms with Gasteiger partial charge in [0.25, 0.3) is 0 Å². The number of amides is 6. The number of hydrogen-bond donors (Lipinski definition) is 19. The fourth-order valence-electron chi connectivity index (χ4n) is 8.56. The van der Waals surface area contributed by atoms with Crippen LogP contribution in [0.3, 0.4) is 0 Å². The summed E-state index contributed by atoms with van der Waals surface area (Å²) >= 11 is 0. The van der Waals surface area contributed by atoms with Gasteiger partial charge in [-0.1, -0.05) is 0 Å². The molecule has 2 aliphatic rings. The maximum atomic E-state index is 13.3. The number of hydrogen-bond acceptors (Lipinski definition) is 24. The summed E-state index contributed by atoms with van der Waals surface area (Å²) in [4.78, 5) is 90.3. The van der Waals surface area contributed by atoms with Crippen LogP contribution >= 0.6 is 0 Å². The summed E-state index contributed by atoms with van der Waals surface area (Å²) < 4.78 is 26.7. The number of nitrogens with zero attached hydrogens (tertiary/aromatic N) is 1. The second kappa shape index (κ2) is 35.9. The minimum Gasteiger partial charge on any atom is -0.454 e. The number of carbonyl (C=O) groups excluding carboxylic acids is 7. The number of primary amides is 2. The van der Waals surface area contributed by atoms with Gasteiger partial charge in [-0.25, -0.2) is 14.6 Å². The molecule has 0 bridgehead atoms. The molecular formula is C45H87N15O17. The van der Waals surface area contributed by atoms with Crippen LogP contribution in [0.25, 0.3) is 0 Å². The first-order valence-corrected chi connectivity index (χ1v) is 25.8. The van der Waals surface area contributed by atoms with E-state index in [1.807, 2.05) is 0 Å². The molecule has 0 spiro atoms. The first-order valence-electron chi connectivity index (χ1n) is 25.8. The molecule has 444 valence electrons. The fraction of sp³-hybridized carbons (Fsp3) is 0.822. The quantitative estimate of drug-likeness (QED) is 0.00911. The highest BCUT2D eigenvalue weighted by atomic mass is 16.7. The molecule has 6 amide bonds. The number of nitrogens with two attached hydrogens (primary N) is 10.